The van der Waals surface area contributed by atoms with Crippen LogP contribution in [0.3, 0.4) is 0 Å². The van der Waals surface area contributed by atoms with E-state index in [1.54, 1.807) is 24.3 Å². The van der Waals surface area contributed by atoms with Crippen LogP contribution in [0.5, 0.6) is 5.75 Å². The number of hydrogen-bond donors (Lipinski definition) is 1. The Balaban J connectivity index is 2.02. The van der Waals surface area contributed by atoms with E-state index in [2.05, 4.69) is 27.3 Å². The topological polar surface area (TPSA) is 62.1 Å². The number of ether oxygens (including phenoxy) is 1. The zero-order valence-corrected chi connectivity index (χ0v) is 16.0. The van der Waals surface area contributed by atoms with Gasteiger partial charge in [-0.3, -0.25) is 4.79 Å². The third-order valence-electron chi connectivity index (χ3n) is 2.92. The molecule has 0 unspecified atom stereocenters. The second kappa shape index (κ2) is 8.97. The van der Waals surface area contributed by atoms with Crippen LogP contribution in [0.15, 0.2) is 45.8 Å². The van der Waals surface area contributed by atoms with Crippen LogP contribution in [-0.2, 0) is 4.79 Å². The molecule has 0 heterocycles. The molecule has 2 rings (SSSR count). The van der Waals surface area contributed by atoms with Gasteiger partial charge in [0.1, 0.15) is 0 Å². The molecule has 24 heavy (non-hydrogen) atoms. The summed E-state index contributed by atoms with van der Waals surface area (Å²) < 4.78 is 6.24. The third-order valence-corrected chi connectivity index (χ3v) is 4.74. The predicted molar refractivity (Wildman–Crippen MR) is 101 cm³/mol. The van der Waals surface area contributed by atoms with E-state index in [1.807, 2.05) is 19.1 Å². The number of nitrogens with zero attached hydrogens (tertiary/aromatic N) is 1. The molecule has 2 aromatic carbocycles. The summed E-state index contributed by atoms with van der Waals surface area (Å²) in [6.45, 7) is 2.34. The summed E-state index contributed by atoms with van der Waals surface area (Å²) in [6.07, 6.45) is 0. The van der Waals surface area contributed by atoms with E-state index in [-0.39, 0.29) is 11.7 Å². The zero-order valence-electron chi connectivity index (χ0n) is 12.8. The summed E-state index contributed by atoms with van der Waals surface area (Å²) in [4.78, 5) is 13.1. The van der Waals surface area contributed by atoms with Gasteiger partial charge in [0.25, 0.3) is 0 Å². The van der Waals surface area contributed by atoms with Crippen molar-refractivity contribution in [2.45, 2.75) is 11.8 Å². The second-order valence-corrected chi connectivity index (χ2v) is 7.01. The van der Waals surface area contributed by atoms with Gasteiger partial charge >= 0.3 is 0 Å². The first kappa shape index (κ1) is 18.7. The largest absolute Gasteiger partial charge is 0.491 e. The normalized spacial score (nSPS) is 10.1. The smallest absolute Gasteiger partial charge is 0.234 e. The molecular weight excluding hydrogens is 412 g/mol. The molecule has 1 amide bonds. The zero-order chi connectivity index (χ0) is 17.5. The number of nitrogens with one attached hydrogen (secondary N) is 1. The molecular formula is C17H14BrClN2O2S. The molecule has 0 bridgehead atoms. The molecule has 2 aromatic rings. The van der Waals surface area contributed by atoms with E-state index >= 15 is 0 Å². The fraction of sp³-hybridized carbons (Fsp3) is 0.176. The Morgan fingerprint density at radius 2 is 2.08 bits per heavy atom. The van der Waals surface area contributed by atoms with Crippen LogP contribution in [0.2, 0.25) is 5.02 Å². The maximum Gasteiger partial charge on any atom is 0.234 e. The van der Waals surface area contributed by atoms with Crippen LogP contribution in [0.1, 0.15) is 12.5 Å². The Morgan fingerprint density at radius 1 is 1.38 bits per heavy atom. The number of halogens is 2. The molecule has 0 atom stereocenters. The Morgan fingerprint density at radius 3 is 2.71 bits per heavy atom. The quantitative estimate of drug-likeness (QED) is 0.654. The van der Waals surface area contributed by atoms with Gasteiger partial charge < -0.3 is 10.1 Å². The highest BCUT2D eigenvalue weighted by atomic mass is 79.9. The van der Waals surface area contributed by atoms with Crippen molar-refractivity contribution in [1.82, 2.24) is 0 Å². The average Bonchev–Trinajstić information content (AvgIpc) is 2.56. The Labute approximate surface area is 158 Å². The van der Waals surface area contributed by atoms with E-state index in [0.717, 1.165) is 4.90 Å². The summed E-state index contributed by atoms with van der Waals surface area (Å²) in [5.41, 5.74) is 1.12. The van der Waals surface area contributed by atoms with Gasteiger partial charge in [-0.1, -0.05) is 11.6 Å². The molecule has 0 radical (unpaired) electrons. The molecule has 4 nitrogen and oxygen atoms in total. The molecule has 0 fully saturated rings. The minimum Gasteiger partial charge on any atom is -0.491 e. The van der Waals surface area contributed by atoms with Crippen molar-refractivity contribution in [2.75, 3.05) is 17.7 Å². The number of carbonyl (C=O) groups is 1. The maximum atomic E-state index is 12.2. The van der Waals surface area contributed by atoms with Gasteiger partial charge in [-0.25, -0.2) is 0 Å². The minimum atomic E-state index is -0.167. The van der Waals surface area contributed by atoms with Crippen molar-refractivity contribution >= 4 is 50.9 Å². The van der Waals surface area contributed by atoms with E-state index in [4.69, 9.17) is 21.6 Å². The number of rotatable bonds is 6. The van der Waals surface area contributed by atoms with Crippen molar-refractivity contribution in [3.63, 3.8) is 0 Å². The fourth-order valence-electron chi connectivity index (χ4n) is 1.91. The number of hydrogen-bond acceptors (Lipinski definition) is 4. The Bertz CT molecular complexity index is 775. The van der Waals surface area contributed by atoms with E-state index < -0.39 is 0 Å². The van der Waals surface area contributed by atoms with Crippen LogP contribution in [-0.4, -0.2) is 18.3 Å². The number of thioether (sulfide) groups is 1. The molecule has 0 aliphatic carbocycles. The Kier molecular flexibility index (Phi) is 6.98. The fourth-order valence-corrected chi connectivity index (χ4v) is 3.53. The maximum absolute atomic E-state index is 12.2. The van der Waals surface area contributed by atoms with Crippen LogP contribution in [0.4, 0.5) is 5.69 Å². The van der Waals surface area contributed by atoms with Gasteiger partial charge in [-0.05, 0) is 59.3 Å². The summed E-state index contributed by atoms with van der Waals surface area (Å²) in [5.74, 6) is 0.625. The predicted octanol–water partition coefficient (Wildman–Crippen LogP) is 5.10. The van der Waals surface area contributed by atoms with Crippen molar-refractivity contribution in [3.05, 3.63) is 51.5 Å². The third kappa shape index (κ3) is 5.17. The van der Waals surface area contributed by atoms with Crippen molar-refractivity contribution in [1.29, 1.82) is 5.26 Å². The summed E-state index contributed by atoms with van der Waals surface area (Å²) in [6, 6.07) is 12.5. The van der Waals surface area contributed by atoms with Gasteiger partial charge in [-0.15, -0.1) is 11.8 Å². The highest BCUT2D eigenvalue weighted by molar-refractivity contribution is 9.10. The van der Waals surface area contributed by atoms with Crippen LogP contribution >= 0.6 is 39.3 Å². The lowest BCUT2D eigenvalue weighted by atomic mass is 10.2. The average molecular weight is 426 g/mol. The number of amides is 1. The molecule has 0 saturated heterocycles. The number of benzene rings is 2. The lowest BCUT2D eigenvalue weighted by molar-refractivity contribution is -0.113. The summed E-state index contributed by atoms with van der Waals surface area (Å²) in [5, 5.41) is 12.1. The Hall–Kier alpha value is -1.68. The summed E-state index contributed by atoms with van der Waals surface area (Å²) in [7, 11) is 0. The van der Waals surface area contributed by atoms with Gasteiger partial charge in [0, 0.05) is 9.92 Å². The molecule has 0 saturated carbocycles. The monoisotopic (exact) mass is 424 g/mol. The van der Waals surface area contributed by atoms with E-state index in [9.17, 15) is 4.79 Å². The number of anilines is 1. The first-order valence-electron chi connectivity index (χ1n) is 7.08. The molecule has 1 N–H and O–H groups in total. The van der Waals surface area contributed by atoms with Crippen LogP contribution in [0, 0.1) is 11.3 Å². The highest BCUT2D eigenvalue weighted by Gasteiger charge is 2.13. The van der Waals surface area contributed by atoms with Gasteiger partial charge in [0.2, 0.25) is 5.91 Å². The van der Waals surface area contributed by atoms with E-state index in [1.165, 1.54) is 11.8 Å². The molecule has 0 spiro atoms. The highest BCUT2D eigenvalue weighted by Crippen LogP contribution is 2.36. The van der Waals surface area contributed by atoms with Crippen LogP contribution in [0.25, 0.3) is 0 Å². The van der Waals surface area contributed by atoms with Gasteiger partial charge in [0.05, 0.1) is 34.2 Å². The summed E-state index contributed by atoms with van der Waals surface area (Å²) >= 11 is 10.8. The second-order valence-electron chi connectivity index (χ2n) is 4.67. The molecule has 124 valence electrons. The van der Waals surface area contributed by atoms with Gasteiger partial charge in [-0.2, -0.15) is 5.26 Å². The van der Waals surface area contributed by atoms with Crippen molar-refractivity contribution in [2.24, 2.45) is 0 Å². The standard InChI is InChI=1S/C17H14BrClN2O2S/c1-2-23-17-14(18)7-12(19)8-15(17)21-16(22)10-24-13-5-3-11(9-20)4-6-13/h3-8H,2,10H2,1H3,(H,21,22). The molecule has 0 aromatic heterocycles. The van der Waals surface area contributed by atoms with Gasteiger partial charge in [0.15, 0.2) is 5.75 Å². The number of carbonyl (C=O) groups excluding carboxylic acids is 1. The molecule has 0 aliphatic rings. The van der Waals surface area contributed by atoms with Crippen molar-refractivity contribution in [3.8, 4) is 11.8 Å². The first-order chi connectivity index (χ1) is 11.5. The van der Waals surface area contributed by atoms with Crippen molar-refractivity contribution < 1.29 is 9.53 Å². The van der Waals surface area contributed by atoms with E-state index in [0.29, 0.717) is 33.1 Å². The SMILES string of the molecule is CCOc1c(Br)cc(Cl)cc1NC(=O)CSc1ccc(C#N)cc1. The first-order valence-corrected chi connectivity index (χ1v) is 9.23. The number of nitriles is 1. The molecule has 7 heteroatoms. The molecule has 0 aliphatic heterocycles. The van der Waals surface area contributed by atoms with Crippen LogP contribution < -0.4 is 10.1 Å². The lowest BCUT2D eigenvalue weighted by Gasteiger charge is -2.13. The lowest BCUT2D eigenvalue weighted by Crippen LogP contribution is -2.15. The minimum absolute atomic E-state index is 0.167.